The van der Waals surface area contributed by atoms with Crippen LogP contribution in [0.25, 0.3) is 0 Å². The van der Waals surface area contributed by atoms with Crippen LogP contribution in [0.15, 0.2) is 16.5 Å². The summed E-state index contributed by atoms with van der Waals surface area (Å²) in [5.74, 6) is 1.90. The first-order chi connectivity index (χ1) is 13.5. The minimum absolute atomic E-state index is 0.134. The standard InChI is InChI=1S/C21H30N4O3/c1-14-3-5-17(28-14)12-22-21(27)20-18-11-16(4-6-19(18)24(2)23-20)25-9-7-15(13-26)8-10-25/h3,5,15-16,26H,4,6-13H2,1-2H3,(H,22,27). The molecule has 1 saturated heterocycles. The number of nitrogens with zero attached hydrogens (tertiary/aromatic N) is 3. The molecule has 0 bridgehead atoms. The first-order valence-electron chi connectivity index (χ1n) is 10.3. The Bertz CT molecular complexity index is 833. The maximum Gasteiger partial charge on any atom is 0.272 e. The van der Waals surface area contributed by atoms with Crippen molar-refractivity contribution in [3.8, 4) is 0 Å². The molecular weight excluding hydrogens is 356 g/mol. The van der Waals surface area contributed by atoms with Crippen LogP contribution in [0.3, 0.4) is 0 Å². The van der Waals surface area contributed by atoms with E-state index in [0.717, 1.165) is 62.3 Å². The Labute approximate surface area is 165 Å². The van der Waals surface area contributed by atoms with Crippen LogP contribution in [0.4, 0.5) is 0 Å². The molecule has 1 aliphatic carbocycles. The molecule has 2 N–H and O–H groups in total. The third-order valence-electron chi connectivity index (χ3n) is 6.29. The lowest BCUT2D eigenvalue weighted by atomic mass is 9.88. The molecule has 28 heavy (non-hydrogen) atoms. The molecular formula is C21H30N4O3. The number of nitrogens with one attached hydrogen (secondary N) is 1. The number of aliphatic hydroxyl groups is 1. The zero-order valence-corrected chi connectivity index (χ0v) is 16.8. The largest absolute Gasteiger partial charge is 0.465 e. The zero-order valence-electron chi connectivity index (χ0n) is 16.8. The molecule has 0 radical (unpaired) electrons. The highest BCUT2D eigenvalue weighted by Gasteiger charge is 2.32. The first kappa shape index (κ1) is 19.2. The van der Waals surface area contributed by atoms with Crippen molar-refractivity contribution >= 4 is 5.91 Å². The lowest BCUT2D eigenvalue weighted by Gasteiger charge is -2.39. The number of likely N-dealkylation sites (tertiary alicyclic amines) is 1. The van der Waals surface area contributed by atoms with Crippen molar-refractivity contribution in [2.24, 2.45) is 13.0 Å². The molecule has 7 nitrogen and oxygen atoms in total. The molecule has 1 fully saturated rings. The fourth-order valence-corrected chi connectivity index (χ4v) is 4.60. The summed E-state index contributed by atoms with van der Waals surface area (Å²) >= 11 is 0. The highest BCUT2D eigenvalue weighted by molar-refractivity contribution is 5.94. The zero-order chi connectivity index (χ0) is 19.7. The number of carbonyl (C=O) groups is 1. The number of carbonyl (C=O) groups excluding carboxylic acids is 1. The van der Waals surface area contributed by atoms with Crippen molar-refractivity contribution < 1.29 is 14.3 Å². The molecule has 2 aromatic rings. The van der Waals surface area contributed by atoms with E-state index in [1.54, 1.807) is 0 Å². The molecule has 4 rings (SSSR count). The van der Waals surface area contributed by atoms with Crippen molar-refractivity contribution in [3.05, 3.63) is 40.6 Å². The molecule has 1 amide bonds. The van der Waals surface area contributed by atoms with Crippen molar-refractivity contribution in [2.75, 3.05) is 19.7 Å². The van der Waals surface area contributed by atoms with Gasteiger partial charge in [0.2, 0.25) is 0 Å². The Kier molecular flexibility index (Phi) is 5.55. The van der Waals surface area contributed by atoms with Gasteiger partial charge in [-0.25, -0.2) is 0 Å². The molecule has 1 atom stereocenters. The maximum atomic E-state index is 12.8. The Morgan fingerprint density at radius 2 is 2.11 bits per heavy atom. The number of furan rings is 1. The number of aliphatic hydroxyl groups excluding tert-OH is 1. The molecule has 7 heteroatoms. The Hall–Kier alpha value is -2.12. The van der Waals surface area contributed by atoms with Crippen LogP contribution in [-0.4, -0.2) is 51.4 Å². The fourth-order valence-electron chi connectivity index (χ4n) is 4.60. The molecule has 2 aromatic heterocycles. The van der Waals surface area contributed by atoms with E-state index in [1.807, 2.05) is 30.8 Å². The summed E-state index contributed by atoms with van der Waals surface area (Å²) in [7, 11) is 1.93. The molecule has 1 unspecified atom stereocenters. The van der Waals surface area contributed by atoms with Crippen LogP contribution < -0.4 is 5.32 Å². The number of hydrogen-bond acceptors (Lipinski definition) is 5. The summed E-state index contributed by atoms with van der Waals surface area (Å²) < 4.78 is 7.41. The number of amides is 1. The highest BCUT2D eigenvalue weighted by atomic mass is 16.3. The van der Waals surface area contributed by atoms with E-state index in [4.69, 9.17) is 4.42 Å². The van der Waals surface area contributed by atoms with Crippen LogP contribution >= 0.6 is 0 Å². The minimum Gasteiger partial charge on any atom is -0.465 e. The quantitative estimate of drug-likeness (QED) is 0.819. The molecule has 152 valence electrons. The monoisotopic (exact) mass is 386 g/mol. The van der Waals surface area contributed by atoms with E-state index in [-0.39, 0.29) is 5.91 Å². The molecule has 1 aliphatic heterocycles. The van der Waals surface area contributed by atoms with Crippen LogP contribution in [0.2, 0.25) is 0 Å². The molecule has 0 saturated carbocycles. The third-order valence-corrected chi connectivity index (χ3v) is 6.29. The number of hydrogen-bond donors (Lipinski definition) is 2. The maximum absolute atomic E-state index is 12.8. The molecule has 3 heterocycles. The Balaban J connectivity index is 1.44. The highest BCUT2D eigenvalue weighted by Crippen LogP contribution is 2.29. The van der Waals surface area contributed by atoms with E-state index >= 15 is 0 Å². The predicted molar refractivity (Wildman–Crippen MR) is 105 cm³/mol. The number of fused-ring (bicyclic) bond motifs is 1. The average molecular weight is 386 g/mol. The first-order valence-corrected chi connectivity index (χ1v) is 10.3. The number of aryl methyl sites for hydroxylation is 2. The Morgan fingerprint density at radius 1 is 1.32 bits per heavy atom. The van der Waals surface area contributed by atoms with E-state index in [9.17, 15) is 9.90 Å². The second-order valence-corrected chi connectivity index (χ2v) is 8.15. The van der Waals surface area contributed by atoms with Crippen LogP contribution in [0, 0.1) is 12.8 Å². The summed E-state index contributed by atoms with van der Waals surface area (Å²) in [4.78, 5) is 15.3. The van der Waals surface area contributed by atoms with Crippen molar-refractivity contribution in [1.82, 2.24) is 20.0 Å². The normalized spacial score (nSPS) is 20.9. The minimum atomic E-state index is -0.134. The van der Waals surface area contributed by atoms with Crippen molar-refractivity contribution in [2.45, 2.75) is 51.6 Å². The van der Waals surface area contributed by atoms with Crippen LogP contribution in [-0.2, 0) is 26.4 Å². The second-order valence-electron chi connectivity index (χ2n) is 8.15. The van der Waals surface area contributed by atoms with Crippen LogP contribution in [0.1, 0.15) is 52.5 Å². The van der Waals surface area contributed by atoms with Gasteiger partial charge in [-0.1, -0.05) is 0 Å². The van der Waals surface area contributed by atoms with Gasteiger partial charge in [0, 0.05) is 31.0 Å². The number of aromatic nitrogens is 2. The summed E-state index contributed by atoms with van der Waals surface area (Å²) in [5.41, 5.74) is 2.83. The summed E-state index contributed by atoms with van der Waals surface area (Å²) in [5, 5.41) is 16.9. The number of rotatable bonds is 5. The van der Waals surface area contributed by atoms with Crippen molar-refractivity contribution in [3.63, 3.8) is 0 Å². The van der Waals surface area contributed by atoms with Gasteiger partial charge in [-0.05, 0) is 70.2 Å². The average Bonchev–Trinajstić information content (AvgIpc) is 3.29. The topological polar surface area (TPSA) is 83.5 Å². The van der Waals surface area contributed by atoms with Crippen molar-refractivity contribution in [1.29, 1.82) is 0 Å². The SMILES string of the molecule is Cc1ccc(CNC(=O)c2nn(C)c3c2CC(N2CCC(CO)CC2)CC3)o1. The van der Waals surface area contributed by atoms with E-state index < -0.39 is 0 Å². The van der Waals surface area contributed by atoms with Gasteiger partial charge in [0.15, 0.2) is 5.69 Å². The van der Waals surface area contributed by atoms with E-state index in [1.165, 1.54) is 5.69 Å². The Morgan fingerprint density at radius 3 is 2.79 bits per heavy atom. The van der Waals surface area contributed by atoms with Gasteiger partial charge in [-0.2, -0.15) is 5.10 Å². The van der Waals surface area contributed by atoms with Gasteiger partial charge >= 0.3 is 0 Å². The van der Waals surface area contributed by atoms with Gasteiger partial charge in [-0.15, -0.1) is 0 Å². The summed E-state index contributed by atoms with van der Waals surface area (Å²) in [6.45, 7) is 4.63. The van der Waals surface area contributed by atoms with E-state index in [0.29, 0.717) is 30.8 Å². The fraction of sp³-hybridized carbons (Fsp3) is 0.619. The van der Waals surface area contributed by atoms with Crippen LogP contribution in [0.5, 0.6) is 0 Å². The van der Waals surface area contributed by atoms with Gasteiger partial charge in [0.1, 0.15) is 11.5 Å². The third kappa shape index (κ3) is 3.86. The van der Waals surface area contributed by atoms with Gasteiger partial charge in [0.05, 0.1) is 6.54 Å². The van der Waals surface area contributed by atoms with Gasteiger partial charge < -0.3 is 19.7 Å². The number of piperidine rings is 1. The summed E-state index contributed by atoms with van der Waals surface area (Å²) in [6.07, 6.45) is 5.04. The second kappa shape index (κ2) is 8.09. The summed E-state index contributed by atoms with van der Waals surface area (Å²) in [6, 6.07) is 4.24. The molecule has 0 aromatic carbocycles. The molecule has 2 aliphatic rings. The van der Waals surface area contributed by atoms with Gasteiger partial charge in [-0.3, -0.25) is 9.48 Å². The smallest absolute Gasteiger partial charge is 0.272 e. The lowest BCUT2D eigenvalue weighted by Crippen LogP contribution is -2.44. The van der Waals surface area contributed by atoms with Gasteiger partial charge in [0.25, 0.3) is 5.91 Å². The van der Waals surface area contributed by atoms with E-state index in [2.05, 4.69) is 15.3 Å². The lowest BCUT2D eigenvalue weighted by molar-refractivity contribution is 0.0915. The molecule has 0 spiro atoms. The predicted octanol–water partition coefficient (Wildman–Crippen LogP) is 1.81.